The molecule has 1 radical (unpaired) electrons. The molecule has 1 fully saturated rings. The van der Waals surface area contributed by atoms with E-state index in [-0.39, 0.29) is 6.04 Å². The number of aromatic nitrogens is 4. The van der Waals surface area contributed by atoms with Gasteiger partial charge in [0, 0.05) is 0 Å². The van der Waals surface area contributed by atoms with Crippen LogP contribution in [0, 0.1) is 0 Å². The zero-order chi connectivity index (χ0) is 21.5. The molecule has 1 aliphatic heterocycles. The van der Waals surface area contributed by atoms with Crippen LogP contribution < -0.4 is 11.2 Å². The summed E-state index contributed by atoms with van der Waals surface area (Å²) >= 11 is 1.60. The van der Waals surface area contributed by atoms with Gasteiger partial charge in [-0.15, -0.1) is 0 Å². The normalized spacial score (nSPS) is 15.0. The van der Waals surface area contributed by atoms with Crippen LogP contribution in [0.1, 0.15) is 32.2 Å². The summed E-state index contributed by atoms with van der Waals surface area (Å²) in [5.74, 6) is 0. The second kappa shape index (κ2) is 7.88. The van der Waals surface area contributed by atoms with Crippen LogP contribution in [0.4, 0.5) is 0 Å². The number of thiophene rings is 1. The number of piperidine rings is 1. The molecule has 0 aromatic carbocycles. The molecule has 5 rings (SSSR count). The second-order valence-electron chi connectivity index (χ2n) is 7.79. The Morgan fingerprint density at radius 1 is 1.26 bits per heavy atom. The van der Waals surface area contributed by atoms with Crippen molar-refractivity contribution in [3.63, 3.8) is 0 Å². The third-order valence-corrected chi connectivity index (χ3v) is 6.71. The molecule has 0 unspecified atom stereocenters. The standard InChI is InChI=1S/C22H21BN5O2S/c1-2-18(23)27-8-5-14(6-9-27)28-20-15(21(29)26-22(28)30)11-24-17-4-3-16(25-19(17)20)13-7-10-31-12-13/h3-4,7,10-12,14H,2,5-6,8-9H2,1H3,(H,26,29,30). The summed E-state index contributed by atoms with van der Waals surface area (Å²) in [6.07, 6.45) is 3.86. The van der Waals surface area contributed by atoms with Crippen LogP contribution in [0.2, 0.25) is 0 Å². The van der Waals surface area contributed by atoms with E-state index >= 15 is 0 Å². The van der Waals surface area contributed by atoms with Gasteiger partial charge in [0.05, 0.1) is 0 Å². The Morgan fingerprint density at radius 3 is 2.77 bits per heavy atom. The molecule has 0 atom stereocenters. The van der Waals surface area contributed by atoms with Gasteiger partial charge in [-0.1, -0.05) is 0 Å². The molecule has 9 heteroatoms. The number of fused-ring (bicyclic) bond motifs is 3. The summed E-state index contributed by atoms with van der Waals surface area (Å²) in [5.41, 5.74) is 3.62. The van der Waals surface area contributed by atoms with E-state index in [0.717, 1.165) is 49.2 Å². The Kier molecular flexibility index (Phi) is 5.05. The molecule has 0 saturated carbocycles. The van der Waals surface area contributed by atoms with Crippen LogP contribution in [0.25, 0.3) is 33.2 Å². The number of nitrogens with zero attached hydrogens (tertiary/aromatic N) is 4. The number of nitrogens with one attached hydrogen (secondary N) is 1. The monoisotopic (exact) mass is 430 g/mol. The van der Waals surface area contributed by atoms with E-state index in [1.54, 1.807) is 15.9 Å². The Morgan fingerprint density at radius 2 is 2.06 bits per heavy atom. The van der Waals surface area contributed by atoms with E-state index in [1.807, 2.05) is 35.9 Å². The van der Waals surface area contributed by atoms with E-state index in [2.05, 4.69) is 14.9 Å². The number of aromatic amines is 1. The van der Waals surface area contributed by atoms with Gasteiger partial charge in [-0.05, 0) is 5.38 Å². The third-order valence-electron chi connectivity index (χ3n) is 6.03. The minimum atomic E-state index is -0.436. The maximum absolute atomic E-state index is 13.0. The molecule has 31 heavy (non-hydrogen) atoms. The molecule has 4 aromatic rings. The van der Waals surface area contributed by atoms with Crippen molar-refractivity contribution in [2.75, 3.05) is 13.1 Å². The number of H-pyrrole nitrogens is 1. The topological polar surface area (TPSA) is 83.9 Å². The summed E-state index contributed by atoms with van der Waals surface area (Å²) in [6.45, 7) is 3.58. The van der Waals surface area contributed by atoms with Crippen molar-refractivity contribution in [2.24, 2.45) is 0 Å². The Labute approximate surface area is 183 Å². The molecule has 1 N–H and O–H groups in total. The molecule has 0 spiro atoms. The molecule has 155 valence electrons. The first kappa shape index (κ1) is 19.9. The molecular weight excluding hydrogens is 409 g/mol. The van der Waals surface area contributed by atoms with E-state index in [1.165, 1.54) is 6.20 Å². The van der Waals surface area contributed by atoms with E-state index in [4.69, 9.17) is 12.5 Å². The van der Waals surface area contributed by atoms with Crippen molar-refractivity contribution >= 4 is 46.3 Å². The zero-order valence-corrected chi connectivity index (χ0v) is 18.0. The van der Waals surface area contributed by atoms with Crippen LogP contribution in [0.5, 0.6) is 0 Å². The SMILES string of the molecule is [B]=C(CC)N1CCC(n2c(=O)[nH]c(=O)c3cnc4ccc(-c5ccsc5)nc4c32)CC1. The van der Waals surface area contributed by atoms with Crippen LogP contribution in [-0.4, -0.2) is 50.6 Å². The summed E-state index contributed by atoms with van der Waals surface area (Å²) in [4.78, 5) is 39.5. The fourth-order valence-corrected chi connectivity index (χ4v) is 4.99. The van der Waals surface area contributed by atoms with Crippen LogP contribution in [0.15, 0.2) is 44.7 Å². The summed E-state index contributed by atoms with van der Waals surface area (Å²) in [6, 6.07) is 5.76. The molecule has 4 aromatic heterocycles. The predicted molar refractivity (Wildman–Crippen MR) is 126 cm³/mol. The average Bonchev–Trinajstić information content (AvgIpc) is 3.33. The van der Waals surface area contributed by atoms with Gasteiger partial charge in [0.25, 0.3) is 0 Å². The Hall–Kier alpha value is -3.07. The van der Waals surface area contributed by atoms with Gasteiger partial charge in [0.1, 0.15) is 0 Å². The van der Waals surface area contributed by atoms with Crippen molar-refractivity contribution in [2.45, 2.75) is 32.2 Å². The Balaban J connectivity index is 1.71. The number of likely N-dealkylation sites (tertiary alicyclic amines) is 1. The summed E-state index contributed by atoms with van der Waals surface area (Å²) < 4.78 is 1.71. The van der Waals surface area contributed by atoms with Crippen LogP contribution in [0.3, 0.4) is 0 Å². The summed E-state index contributed by atoms with van der Waals surface area (Å²) in [5, 5.41) is 4.40. The number of hydrogen-bond acceptors (Lipinski definition) is 6. The van der Waals surface area contributed by atoms with Crippen molar-refractivity contribution in [3.8, 4) is 11.3 Å². The van der Waals surface area contributed by atoms with Crippen LogP contribution in [-0.2, 0) is 0 Å². The van der Waals surface area contributed by atoms with Crippen molar-refractivity contribution in [1.82, 2.24) is 24.4 Å². The first-order valence-corrected chi connectivity index (χ1v) is 11.3. The van der Waals surface area contributed by atoms with Gasteiger partial charge in [-0.25, -0.2) is 0 Å². The fourth-order valence-electron chi connectivity index (χ4n) is 4.34. The van der Waals surface area contributed by atoms with Gasteiger partial charge >= 0.3 is 167 Å². The van der Waals surface area contributed by atoms with E-state index < -0.39 is 11.2 Å². The van der Waals surface area contributed by atoms with Gasteiger partial charge in [0.2, 0.25) is 0 Å². The molecule has 5 heterocycles. The van der Waals surface area contributed by atoms with E-state index in [0.29, 0.717) is 21.9 Å². The third kappa shape index (κ3) is 3.42. The molecule has 0 aliphatic carbocycles. The molecule has 1 saturated heterocycles. The maximum atomic E-state index is 13.0. The second-order valence-corrected chi connectivity index (χ2v) is 8.57. The molecular formula is C22H21BN5O2S. The quantitative estimate of drug-likeness (QED) is 0.398. The molecule has 0 bridgehead atoms. The summed E-state index contributed by atoms with van der Waals surface area (Å²) in [7, 11) is 6.12. The van der Waals surface area contributed by atoms with Gasteiger partial charge in [0.15, 0.2) is 0 Å². The van der Waals surface area contributed by atoms with Crippen molar-refractivity contribution in [3.05, 3.63) is 56.0 Å². The van der Waals surface area contributed by atoms with Gasteiger partial charge in [-0.3, -0.25) is 0 Å². The zero-order valence-electron chi connectivity index (χ0n) is 17.2. The van der Waals surface area contributed by atoms with Gasteiger partial charge in [-0.2, -0.15) is 11.3 Å². The number of rotatable bonds is 4. The van der Waals surface area contributed by atoms with Crippen molar-refractivity contribution in [1.29, 1.82) is 0 Å². The fraction of sp³-hybridized carbons (Fsp3) is 0.318. The average molecular weight is 430 g/mol. The first-order chi connectivity index (χ1) is 15.1. The number of hydrogen-bond donors (Lipinski definition) is 1. The molecule has 1 aliphatic rings. The minimum absolute atomic E-state index is 0.0510. The van der Waals surface area contributed by atoms with Crippen LogP contribution >= 0.6 is 11.3 Å². The predicted octanol–water partition coefficient (Wildman–Crippen LogP) is 2.71. The Bertz CT molecular complexity index is 1400. The van der Waals surface area contributed by atoms with E-state index in [9.17, 15) is 9.59 Å². The van der Waals surface area contributed by atoms with Gasteiger partial charge < -0.3 is 0 Å². The molecule has 7 nitrogen and oxygen atoms in total. The number of pyridine rings is 2. The first-order valence-electron chi connectivity index (χ1n) is 10.4. The molecule has 0 amide bonds. The van der Waals surface area contributed by atoms with Crippen molar-refractivity contribution < 1.29 is 0 Å².